The minimum absolute atomic E-state index is 0.000552. The molecule has 104 valence electrons. The van der Waals surface area contributed by atoms with Crippen molar-refractivity contribution in [1.82, 2.24) is 5.32 Å². The number of hydrogen-bond donors (Lipinski definition) is 2. The highest BCUT2D eigenvalue weighted by atomic mass is 19.4. The smallest absolute Gasteiger partial charge is 0.422 e. The highest BCUT2D eigenvalue weighted by Gasteiger charge is 2.59. The molecule has 1 rings (SSSR count). The molecule has 0 spiro atoms. The number of ether oxygens (including phenoxy) is 1. The van der Waals surface area contributed by atoms with Crippen LogP contribution in [0.1, 0.15) is 20.3 Å². The maximum Gasteiger partial charge on any atom is 0.422 e. The van der Waals surface area contributed by atoms with E-state index in [1.807, 2.05) is 0 Å². The predicted octanol–water partition coefficient (Wildman–Crippen LogP) is 0.933. The monoisotopic (exact) mass is 269 g/mol. The van der Waals surface area contributed by atoms with Gasteiger partial charge >= 0.3 is 12.1 Å². The van der Waals surface area contributed by atoms with E-state index >= 15 is 0 Å². The Balaban J connectivity index is 2.80. The van der Waals surface area contributed by atoms with Crippen molar-refractivity contribution in [3.63, 3.8) is 0 Å². The van der Waals surface area contributed by atoms with Gasteiger partial charge < -0.3 is 15.2 Å². The molecule has 1 amide bonds. The molecule has 18 heavy (non-hydrogen) atoms. The Morgan fingerprint density at radius 1 is 1.39 bits per heavy atom. The average Bonchev–Trinajstić information content (AvgIpc) is 2.62. The molecule has 8 heteroatoms. The fourth-order valence-corrected chi connectivity index (χ4v) is 1.59. The van der Waals surface area contributed by atoms with E-state index in [9.17, 15) is 22.8 Å². The molecule has 3 unspecified atom stereocenters. The summed E-state index contributed by atoms with van der Waals surface area (Å²) in [4.78, 5) is 22.3. The van der Waals surface area contributed by atoms with E-state index in [4.69, 9.17) is 9.84 Å². The van der Waals surface area contributed by atoms with Crippen LogP contribution >= 0.6 is 0 Å². The highest BCUT2D eigenvalue weighted by Crippen LogP contribution is 2.31. The van der Waals surface area contributed by atoms with Gasteiger partial charge in [-0.05, 0) is 20.3 Å². The van der Waals surface area contributed by atoms with E-state index in [2.05, 4.69) is 0 Å². The summed E-state index contributed by atoms with van der Waals surface area (Å²) in [6.07, 6.45) is -5.01. The summed E-state index contributed by atoms with van der Waals surface area (Å²) in [7, 11) is 0. The molecule has 0 aliphatic carbocycles. The van der Waals surface area contributed by atoms with Crippen LogP contribution in [0.15, 0.2) is 0 Å². The number of carboxylic acid groups (broad SMARTS) is 1. The molecule has 5 nitrogen and oxygen atoms in total. The third-order valence-corrected chi connectivity index (χ3v) is 2.94. The van der Waals surface area contributed by atoms with Crippen molar-refractivity contribution >= 4 is 11.9 Å². The predicted molar refractivity (Wildman–Crippen MR) is 53.8 cm³/mol. The van der Waals surface area contributed by atoms with Gasteiger partial charge in [-0.3, -0.25) is 4.79 Å². The summed E-state index contributed by atoms with van der Waals surface area (Å²) in [5.41, 5.74) is -3.28. The molecule has 0 radical (unpaired) electrons. The lowest BCUT2D eigenvalue weighted by atomic mass is 9.98. The third kappa shape index (κ3) is 2.74. The van der Waals surface area contributed by atoms with Crippen molar-refractivity contribution in [1.29, 1.82) is 0 Å². The Kier molecular flexibility index (Phi) is 3.89. The van der Waals surface area contributed by atoms with E-state index in [0.717, 1.165) is 0 Å². The molecule has 3 atom stereocenters. The van der Waals surface area contributed by atoms with Crippen LogP contribution in [-0.4, -0.2) is 41.4 Å². The van der Waals surface area contributed by atoms with Gasteiger partial charge in [0.25, 0.3) is 0 Å². The Hall–Kier alpha value is -1.31. The molecule has 1 fully saturated rings. The molecule has 0 aromatic rings. The second-order valence-electron chi connectivity index (χ2n) is 4.49. The molecule has 1 heterocycles. The zero-order valence-electron chi connectivity index (χ0n) is 9.87. The van der Waals surface area contributed by atoms with Crippen molar-refractivity contribution in [3.8, 4) is 0 Å². The first-order valence-electron chi connectivity index (χ1n) is 5.31. The van der Waals surface area contributed by atoms with Crippen molar-refractivity contribution in [2.45, 2.75) is 38.1 Å². The van der Waals surface area contributed by atoms with Gasteiger partial charge in [0.1, 0.15) is 0 Å². The summed E-state index contributed by atoms with van der Waals surface area (Å²) in [6.45, 7) is 2.11. The van der Waals surface area contributed by atoms with Crippen molar-refractivity contribution in [2.75, 3.05) is 6.61 Å². The van der Waals surface area contributed by atoms with E-state index < -0.39 is 29.5 Å². The molecule has 0 bridgehead atoms. The van der Waals surface area contributed by atoms with Crippen LogP contribution in [0.3, 0.4) is 0 Å². The van der Waals surface area contributed by atoms with Crippen LogP contribution in [-0.2, 0) is 14.3 Å². The van der Waals surface area contributed by atoms with Gasteiger partial charge in [0.05, 0.1) is 18.6 Å². The van der Waals surface area contributed by atoms with Gasteiger partial charge in [-0.1, -0.05) is 0 Å². The molecular weight excluding hydrogens is 255 g/mol. The first-order valence-corrected chi connectivity index (χ1v) is 5.31. The summed E-state index contributed by atoms with van der Waals surface area (Å²) < 4.78 is 43.0. The first kappa shape index (κ1) is 14.7. The van der Waals surface area contributed by atoms with Crippen molar-refractivity contribution in [3.05, 3.63) is 0 Å². The fraction of sp³-hybridized carbons (Fsp3) is 0.800. The molecule has 1 aliphatic heterocycles. The zero-order chi connectivity index (χ0) is 14.1. The van der Waals surface area contributed by atoms with Crippen LogP contribution in [0, 0.1) is 5.92 Å². The molecule has 2 N–H and O–H groups in total. The lowest BCUT2D eigenvalue weighted by Gasteiger charge is -2.29. The lowest BCUT2D eigenvalue weighted by Crippen LogP contribution is -2.62. The third-order valence-electron chi connectivity index (χ3n) is 2.94. The summed E-state index contributed by atoms with van der Waals surface area (Å²) in [5.74, 6) is -3.85. The standard InChI is InChI=1S/C10H14F3NO4/c1-5-3-6(4-18-5)7(15)14-9(2,8(16)17)10(11,12)13/h5-6H,3-4H2,1-2H3,(H,14,15)(H,16,17). The average molecular weight is 269 g/mol. The summed E-state index contributed by atoms with van der Waals surface area (Å²) >= 11 is 0. The number of amides is 1. The first-order chi connectivity index (χ1) is 8.08. The molecular formula is C10H14F3NO4. The quantitative estimate of drug-likeness (QED) is 0.799. The van der Waals surface area contributed by atoms with Gasteiger partial charge in [-0.2, -0.15) is 13.2 Å². The Morgan fingerprint density at radius 3 is 2.28 bits per heavy atom. The topological polar surface area (TPSA) is 75.6 Å². The van der Waals surface area contributed by atoms with E-state index in [1.54, 1.807) is 12.2 Å². The summed E-state index contributed by atoms with van der Waals surface area (Å²) in [5, 5.41) is 10.2. The van der Waals surface area contributed by atoms with Crippen LogP contribution in [0.5, 0.6) is 0 Å². The molecule has 0 aromatic carbocycles. The number of nitrogens with one attached hydrogen (secondary N) is 1. The second kappa shape index (κ2) is 4.75. The minimum atomic E-state index is -5.07. The van der Waals surface area contributed by atoms with Gasteiger partial charge in [0.15, 0.2) is 0 Å². The molecule has 1 aliphatic rings. The van der Waals surface area contributed by atoms with Gasteiger partial charge in [-0.25, -0.2) is 4.79 Å². The SMILES string of the molecule is CC1CC(C(=O)NC(C)(C(=O)O)C(F)(F)F)CO1. The highest BCUT2D eigenvalue weighted by molar-refractivity contribution is 5.88. The minimum Gasteiger partial charge on any atom is -0.479 e. The number of rotatable bonds is 3. The van der Waals surface area contributed by atoms with E-state index in [1.165, 1.54) is 0 Å². The molecule has 1 saturated heterocycles. The van der Waals surface area contributed by atoms with Crippen LogP contribution in [0.4, 0.5) is 13.2 Å². The largest absolute Gasteiger partial charge is 0.479 e. The summed E-state index contributed by atoms with van der Waals surface area (Å²) in [6, 6.07) is 0. The van der Waals surface area contributed by atoms with Crippen molar-refractivity contribution in [2.24, 2.45) is 5.92 Å². The second-order valence-corrected chi connectivity index (χ2v) is 4.49. The number of alkyl halides is 3. The normalized spacial score (nSPS) is 27.6. The molecule has 0 saturated carbocycles. The molecule has 0 aromatic heterocycles. The number of aliphatic carboxylic acids is 1. The van der Waals surface area contributed by atoms with Gasteiger partial charge in [0, 0.05) is 0 Å². The Morgan fingerprint density at radius 2 is 1.94 bits per heavy atom. The Labute approximate surface area is 101 Å². The maximum absolute atomic E-state index is 12.7. The Bertz CT molecular complexity index is 358. The number of carbonyl (C=O) groups excluding carboxylic acids is 1. The van der Waals surface area contributed by atoms with Gasteiger partial charge in [0.2, 0.25) is 11.4 Å². The maximum atomic E-state index is 12.7. The lowest BCUT2D eigenvalue weighted by molar-refractivity contribution is -0.207. The number of carboxylic acids is 1. The number of halogens is 3. The fourth-order valence-electron chi connectivity index (χ4n) is 1.59. The van der Waals surface area contributed by atoms with Gasteiger partial charge in [-0.15, -0.1) is 0 Å². The van der Waals surface area contributed by atoms with E-state index in [-0.39, 0.29) is 19.1 Å². The zero-order valence-corrected chi connectivity index (χ0v) is 9.87. The number of carbonyl (C=O) groups is 2. The van der Waals surface area contributed by atoms with Crippen molar-refractivity contribution < 1.29 is 32.6 Å². The van der Waals surface area contributed by atoms with Crippen LogP contribution in [0.2, 0.25) is 0 Å². The van der Waals surface area contributed by atoms with Crippen LogP contribution < -0.4 is 5.32 Å². The van der Waals surface area contributed by atoms with Crippen LogP contribution in [0.25, 0.3) is 0 Å². The van der Waals surface area contributed by atoms with E-state index in [0.29, 0.717) is 6.92 Å². The number of hydrogen-bond acceptors (Lipinski definition) is 3.